The van der Waals surface area contributed by atoms with Crippen molar-refractivity contribution in [1.29, 1.82) is 0 Å². The molecular formula is C16H13BrO3. The minimum Gasteiger partial charge on any atom is -0.490 e. The van der Waals surface area contributed by atoms with Crippen LogP contribution in [0.3, 0.4) is 0 Å². The molecule has 1 saturated carbocycles. The lowest BCUT2D eigenvalue weighted by Gasteiger charge is -2.08. The average Bonchev–Trinajstić information content (AvgIpc) is 3.23. The van der Waals surface area contributed by atoms with Gasteiger partial charge in [-0.15, -0.1) is 0 Å². The fourth-order valence-electron chi connectivity index (χ4n) is 2.00. The van der Waals surface area contributed by atoms with Gasteiger partial charge in [-0.3, -0.25) is 0 Å². The van der Waals surface area contributed by atoms with Gasteiger partial charge in [0.25, 0.3) is 0 Å². The quantitative estimate of drug-likeness (QED) is 0.904. The Hall–Kier alpha value is -1.81. The van der Waals surface area contributed by atoms with E-state index < -0.39 is 5.97 Å². The molecule has 0 atom stereocenters. The molecule has 0 aromatic heterocycles. The molecule has 1 N–H and O–H groups in total. The van der Waals surface area contributed by atoms with Gasteiger partial charge in [-0.1, -0.05) is 18.2 Å². The molecule has 2 aromatic rings. The highest BCUT2D eigenvalue weighted by Crippen LogP contribution is 2.31. The minimum absolute atomic E-state index is 0.260. The van der Waals surface area contributed by atoms with Gasteiger partial charge in [0.15, 0.2) is 0 Å². The lowest BCUT2D eigenvalue weighted by atomic mass is 10.0. The van der Waals surface area contributed by atoms with E-state index in [0.717, 1.165) is 29.7 Å². The summed E-state index contributed by atoms with van der Waals surface area (Å²) in [7, 11) is 0. The first kappa shape index (κ1) is 13.2. The number of benzene rings is 2. The van der Waals surface area contributed by atoms with Gasteiger partial charge >= 0.3 is 5.97 Å². The zero-order valence-corrected chi connectivity index (χ0v) is 12.3. The van der Waals surface area contributed by atoms with Crippen LogP contribution in [-0.4, -0.2) is 17.2 Å². The third-order valence-electron chi connectivity index (χ3n) is 3.19. The molecule has 0 unspecified atom stereocenters. The van der Waals surface area contributed by atoms with Crippen LogP contribution < -0.4 is 4.74 Å². The summed E-state index contributed by atoms with van der Waals surface area (Å²) in [5.41, 5.74) is 2.08. The second-order valence-electron chi connectivity index (χ2n) is 4.84. The van der Waals surface area contributed by atoms with Crippen LogP contribution in [0.2, 0.25) is 0 Å². The van der Waals surface area contributed by atoms with Crippen LogP contribution in [0.1, 0.15) is 23.2 Å². The molecule has 0 radical (unpaired) electrons. The summed E-state index contributed by atoms with van der Waals surface area (Å²) in [6.07, 6.45) is 2.59. The Morgan fingerprint density at radius 1 is 1.15 bits per heavy atom. The number of halogens is 1. The first-order chi connectivity index (χ1) is 9.63. The zero-order valence-electron chi connectivity index (χ0n) is 10.7. The molecule has 0 spiro atoms. The van der Waals surface area contributed by atoms with E-state index in [-0.39, 0.29) is 5.56 Å². The molecule has 4 heteroatoms. The predicted molar refractivity (Wildman–Crippen MR) is 80.2 cm³/mol. The van der Waals surface area contributed by atoms with Crippen molar-refractivity contribution in [3.8, 4) is 16.9 Å². The maximum Gasteiger partial charge on any atom is 0.336 e. The van der Waals surface area contributed by atoms with E-state index in [1.54, 1.807) is 12.1 Å². The number of aromatic carboxylic acids is 1. The summed E-state index contributed by atoms with van der Waals surface area (Å²) in [5, 5.41) is 9.16. The predicted octanol–water partition coefficient (Wildman–Crippen LogP) is 4.36. The van der Waals surface area contributed by atoms with Crippen LogP contribution in [0, 0.1) is 0 Å². The smallest absolute Gasteiger partial charge is 0.336 e. The zero-order chi connectivity index (χ0) is 14.1. The van der Waals surface area contributed by atoms with Gasteiger partial charge in [-0.2, -0.15) is 0 Å². The first-order valence-electron chi connectivity index (χ1n) is 6.43. The maximum atomic E-state index is 11.2. The Bertz CT molecular complexity index is 663. The maximum absolute atomic E-state index is 11.2. The molecule has 0 saturated heterocycles. The highest BCUT2D eigenvalue weighted by Gasteiger charge is 2.23. The SMILES string of the molecule is O=C(O)c1cc(-c2cccc(OC3CC3)c2)ccc1Br. The van der Waals surface area contributed by atoms with Crippen molar-refractivity contribution < 1.29 is 14.6 Å². The second kappa shape index (κ2) is 5.29. The average molecular weight is 333 g/mol. The van der Waals surface area contributed by atoms with Crippen LogP contribution in [0.25, 0.3) is 11.1 Å². The monoisotopic (exact) mass is 332 g/mol. The van der Waals surface area contributed by atoms with Gasteiger partial charge in [0, 0.05) is 4.47 Å². The van der Waals surface area contributed by atoms with Crippen molar-refractivity contribution in [2.24, 2.45) is 0 Å². The Morgan fingerprint density at radius 3 is 2.60 bits per heavy atom. The molecule has 0 amide bonds. The fourth-order valence-corrected chi connectivity index (χ4v) is 2.41. The molecule has 0 aliphatic heterocycles. The molecule has 2 aromatic carbocycles. The number of carboxylic acids is 1. The number of rotatable bonds is 4. The largest absolute Gasteiger partial charge is 0.490 e. The third kappa shape index (κ3) is 2.85. The summed E-state index contributed by atoms with van der Waals surface area (Å²) in [6.45, 7) is 0. The standard InChI is InChI=1S/C16H13BrO3/c17-15-7-4-11(9-14(15)16(18)19)10-2-1-3-13(8-10)20-12-5-6-12/h1-4,7-9,12H,5-6H2,(H,18,19). The molecule has 1 fully saturated rings. The van der Waals surface area contributed by atoms with Gasteiger partial charge in [-0.25, -0.2) is 4.79 Å². The number of hydrogen-bond acceptors (Lipinski definition) is 2. The normalized spacial score (nSPS) is 14.1. The van der Waals surface area contributed by atoms with Crippen molar-refractivity contribution >= 4 is 21.9 Å². The molecular weight excluding hydrogens is 320 g/mol. The Morgan fingerprint density at radius 2 is 1.90 bits per heavy atom. The molecule has 3 nitrogen and oxygen atoms in total. The molecule has 0 heterocycles. The third-order valence-corrected chi connectivity index (χ3v) is 3.88. The number of hydrogen-bond donors (Lipinski definition) is 1. The second-order valence-corrected chi connectivity index (χ2v) is 5.70. The lowest BCUT2D eigenvalue weighted by molar-refractivity contribution is 0.0696. The molecule has 1 aliphatic carbocycles. The summed E-state index contributed by atoms with van der Waals surface area (Å²) in [4.78, 5) is 11.2. The van der Waals surface area contributed by atoms with Crippen molar-refractivity contribution in [2.45, 2.75) is 18.9 Å². The van der Waals surface area contributed by atoms with E-state index in [9.17, 15) is 4.79 Å². The van der Waals surface area contributed by atoms with Crippen molar-refractivity contribution in [2.75, 3.05) is 0 Å². The van der Waals surface area contributed by atoms with Crippen molar-refractivity contribution in [1.82, 2.24) is 0 Å². The van der Waals surface area contributed by atoms with Crippen LogP contribution in [0.4, 0.5) is 0 Å². The number of ether oxygens (including phenoxy) is 1. The summed E-state index contributed by atoms with van der Waals surface area (Å²) < 4.78 is 6.35. The van der Waals surface area contributed by atoms with Crippen molar-refractivity contribution in [3.05, 3.63) is 52.5 Å². The number of carbonyl (C=O) groups is 1. The van der Waals surface area contributed by atoms with Crippen molar-refractivity contribution in [3.63, 3.8) is 0 Å². The Balaban J connectivity index is 1.95. The minimum atomic E-state index is -0.941. The van der Waals surface area contributed by atoms with E-state index >= 15 is 0 Å². The Labute approximate surface area is 125 Å². The lowest BCUT2D eigenvalue weighted by Crippen LogP contribution is -1.98. The van der Waals surface area contributed by atoms with Crippen LogP contribution in [0.15, 0.2) is 46.9 Å². The summed E-state index contributed by atoms with van der Waals surface area (Å²) in [6, 6.07) is 13.1. The van der Waals surface area contributed by atoms with Gasteiger partial charge in [0.1, 0.15) is 5.75 Å². The Kier molecular flexibility index (Phi) is 3.49. The van der Waals surface area contributed by atoms with E-state index in [1.165, 1.54) is 0 Å². The molecule has 102 valence electrons. The van der Waals surface area contributed by atoms with Gasteiger partial charge < -0.3 is 9.84 Å². The van der Waals surface area contributed by atoms with Crippen LogP contribution in [-0.2, 0) is 0 Å². The first-order valence-corrected chi connectivity index (χ1v) is 7.23. The van der Waals surface area contributed by atoms with Crippen LogP contribution >= 0.6 is 15.9 Å². The van der Waals surface area contributed by atoms with E-state index in [1.807, 2.05) is 30.3 Å². The molecule has 0 bridgehead atoms. The number of carboxylic acid groups (broad SMARTS) is 1. The highest BCUT2D eigenvalue weighted by molar-refractivity contribution is 9.10. The summed E-state index contributed by atoms with van der Waals surface area (Å²) >= 11 is 3.25. The van der Waals surface area contributed by atoms with E-state index in [4.69, 9.17) is 9.84 Å². The summed E-state index contributed by atoms with van der Waals surface area (Å²) in [5.74, 6) is -0.103. The molecule has 3 rings (SSSR count). The van der Waals surface area contributed by atoms with E-state index in [0.29, 0.717) is 10.6 Å². The molecule has 20 heavy (non-hydrogen) atoms. The van der Waals surface area contributed by atoms with Crippen LogP contribution in [0.5, 0.6) is 5.75 Å². The van der Waals surface area contributed by atoms with Gasteiger partial charge in [-0.05, 0) is 64.2 Å². The highest BCUT2D eigenvalue weighted by atomic mass is 79.9. The molecule has 1 aliphatic rings. The van der Waals surface area contributed by atoms with Gasteiger partial charge in [0.05, 0.1) is 11.7 Å². The fraction of sp³-hybridized carbons (Fsp3) is 0.188. The van der Waals surface area contributed by atoms with Gasteiger partial charge in [0.2, 0.25) is 0 Å². The van der Waals surface area contributed by atoms with E-state index in [2.05, 4.69) is 15.9 Å². The topological polar surface area (TPSA) is 46.5 Å².